The van der Waals surface area contributed by atoms with Gasteiger partial charge in [0.2, 0.25) is 3.79 Å². The van der Waals surface area contributed by atoms with Crippen molar-refractivity contribution in [2.45, 2.75) is 48.0 Å². The van der Waals surface area contributed by atoms with E-state index in [0.29, 0.717) is 16.6 Å². The summed E-state index contributed by atoms with van der Waals surface area (Å²) in [5.74, 6) is 0. The highest BCUT2D eigenvalue weighted by Gasteiger charge is 2.33. The quantitative estimate of drug-likeness (QED) is 0.264. The molecule has 0 aromatic heterocycles. The zero-order valence-electron chi connectivity index (χ0n) is 15.3. The van der Waals surface area contributed by atoms with Crippen LogP contribution >= 0.6 is 58.0 Å². The first-order valence-corrected chi connectivity index (χ1v) is 10.9. The van der Waals surface area contributed by atoms with Crippen molar-refractivity contribution in [2.75, 3.05) is 18.5 Å². The molecule has 2 rings (SSSR count). The Bertz CT molecular complexity index is 681. The van der Waals surface area contributed by atoms with E-state index in [0.717, 1.165) is 37.8 Å². The molecule has 4 nitrogen and oxygen atoms in total. The van der Waals surface area contributed by atoms with Crippen molar-refractivity contribution in [3.05, 3.63) is 40.9 Å². The van der Waals surface area contributed by atoms with Gasteiger partial charge in [0.05, 0.1) is 16.1 Å². The van der Waals surface area contributed by atoms with Crippen LogP contribution in [0.5, 0.6) is 0 Å². The van der Waals surface area contributed by atoms with Crippen LogP contribution in [0.2, 0.25) is 10.0 Å². The van der Waals surface area contributed by atoms with Crippen molar-refractivity contribution >= 4 is 69.8 Å². The molecule has 0 aliphatic heterocycles. The van der Waals surface area contributed by atoms with E-state index in [1.54, 1.807) is 23.1 Å². The van der Waals surface area contributed by atoms with Crippen LogP contribution in [0.15, 0.2) is 30.9 Å². The van der Waals surface area contributed by atoms with Gasteiger partial charge in [0.1, 0.15) is 6.61 Å². The van der Waals surface area contributed by atoms with Gasteiger partial charge in [-0.2, -0.15) is 0 Å². The number of hydrogen-bond donors (Lipinski definition) is 1. The summed E-state index contributed by atoms with van der Waals surface area (Å²) in [5, 5.41) is 4.47. The lowest BCUT2D eigenvalue weighted by Gasteiger charge is -2.36. The third kappa shape index (κ3) is 7.38. The maximum Gasteiger partial charge on any atom is 0.410 e. The molecule has 2 atom stereocenters. The second kappa shape index (κ2) is 11.0. The molecule has 1 aliphatic rings. The van der Waals surface area contributed by atoms with Gasteiger partial charge >= 0.3 is 6.09 Å². The van der Waals surface area contributed by atoms with Crippen molar-refractivity contribution < 1.29 is 9.53 Å². The first-order chi connectivity index (χ1) is 13.2. The van der Waals surface area contributed by atoms with E-state index in [-0.39, 0.29) is 18.7 Å². The first kappa shape index (κ1) is 23.8. The Morgan fingerprint density at radius 1 is 1.21 bits per heavy atom. The number of benzene rings is 1. The van der Waals surface area contributed by atoms with E-state index in [1.165, 1.54) is 0 Å². The second-order valence-corrected chi connectivity index (χ2v) is 10.0. The lowest BCUT2D eigenvalue weighted by atomic mass is 10.0. The molecule has 0 spiro atoms. The van der Waals surface area contributed by atoms with E-state index in [9.17, 15) is 4.79 Å². The molecule has 156 valence electrons. The van der Waals surface area contributed by atoms with Crippen LogP contribution in [0.4, 0.5) is 10.5 Å². The van der Waals surface area contributed by atoms with Gasteiger partial charge in [-0.3, -0.25) is 4.90 Å². The number of halogens is 5. The largest absolute Gasteiger partial charge is 0.445 e. The Balaban J connectivity index is 2.19. The molecule has 0 radical (unpaired) electrons. The van der Waals surface area contributed by atoms with Crippen LogP contribution < -0.4 is 5.32 Å². The molecule has 9 heteroatoms. The average molecular weight is 489 g/mol. The lowest BCUT2D eigenvalue weighted by molar-refractivity contribution is 0.0866. The Hall–Kier alpha value is -0.520. The van der Waals surface area contributed by atoms with Crippen LogP contribution in [0, 0.1) is 0 Å². The number of anilines is 1. The van der Waals surface area contributed by atoms with Gasteiger partial charge in [-0.1, -0.05) is 83.3 Å². The number of rotatable bonds is 6. The third-order valence-corrected chi connectivity index (χ3v) is 5.64. The van der Waals surface area contributed by atoms with Gasteiger partial charge in [-0.05, 0) is 31.0 Å². The highest BCUT2D eigenvalue weighted by Crippen LogP contribution is 2.30. The first-order valence-electron chi connectivity index (χ1n) is 9.04. The van der Waals surface area contributed by atoms with E-state index in [4.69, 9.17) is 62.7 Å². The molecule has 28 heavy (non-hydrogen) atoms. The topological polar surface area (TPSA) is 41.6 Å². The number of carbonyl (C=O) groups excluding carboxylic acids is 1. The summed E-state index contributed by atoms with van der Waals surface area (Å²) in [4.78, 5) is 14.3. The van der Waals surface area contributed by atoms with Crippen molar-refractivity contribution in [1.82, 2.24) is 4.90 Å². The fraction of sp³-hybridized carbons (Fsp3) is 0.526. The number of nitrogens with zero attached hydrogens (tertiary/aromatic N) is 1. The SMILES string of the molecule is C=CCN(C(=O)OCC(Cl)(Cl)Cl)[C@@H]1CCCCC[C@H]1Nc1ccc(Cl)c(Cl)c1. The molecule has 0 unspecified atom stereocenters. The standard InChI is InChI=1S/C19H23Cl5N2O2/c1-2-10-26(18(27)28-12-19(22,23)24)17-7-5-3-4-6-16(17)25-13-8-9-14(20)15(21)11-13/h2,8-9,11,16-17,25H,1,3-7,10,12H2/t16-,17-/m1/s1. The minimum absolute atomic E-state index is 0.0139. The Labute approximate surface area is 191 Å². The summed E-state index contributed by atoms with van der Waals surface area (Å²) in [5.41, 5.74) is 0.847. The molecule has 1 aromatic rings. The number of amides is 1. The summed E-state index contributed by atoms with van der Waals surface area (Å²) in [7, 11) is 0. The molecule has 1 fully saturated rings. The maximum atomic E-state index is 12.7. The normalized spacial score (nSPS) is 20.2. The average Bonchev–Trinajstić information content (AvgIpc) is 2.85. The number of alkyl halides is 3. The van der Waals surface area contributed by atoms with Crippen LogP contribution in [0.1, 0.15) is 32.1 Å². The summed E-state index contributed by atoms with van der Waals surface area (Å²) < 4.78 is 3.57. The minimum Gasteiger partial charge on any atom is -0.445 e. The van der Waals surface area contributed by atoms with Crippen molar-refractivity contribution in [1.29, 1.82) is 0 Å². The Morgan fingerprint density at radius 3 is 2.57 bits per heavy atom. The molecular formula is C19H23Cl5N2O2. The lowest BCUT2D eigenvalue weighted by Crippen LogP contribution is -2.50. The van der Waals surface area contributed by atoms with E-state index in [2.05, 4.69) is 11.9 Å². The van der Waals surface area contributed by atoms with Gasteiger partial charge in [0.15, 0.2) is 0 Å². The summed E-state index contributed by atoms with van der Waals surface area (Å²) in [6.45, 7) is 3.78. The molecule has 0 saturated heterocycles. The van der Waals surface area contributed by atoms with Crippen LogP contribution in [0.25, 0.3) is 0 Å². The maximum absolute atomic E-state index is 12.7. The summed E-state index contributed by atoms with van der Waals surface area (Å²) in [6.07, 6.45) is 6.03. The number of ether oxygens (including phenoxy) is 1. The predicted molar refractivity (Wildman–Crippen MR) is 119 cm³/mol. The van der Waals surface area contributed by atoms with Gasteiger partial charge in [-0.25, -0.2) is 4.79 Å². The van der Waals surface area contributed by atoms with Crippen LogP contribution in [-0.4, -0.2) is 40.0 Å². The third-order valence-electron chi connectivity index (χ3n) is 4.57. The zero-order valence-corrected chi connectivity index (χ0v) is 19.1. The number of nitrogens with one attached hydrogen (secondary N) is 1. The predicted octanol–water partition coefficient (Wildman–Crippen LogP) is 7.10. The molecule has 1 aromatic carbocycles. The zero-order chi connectivity index (χ0) is 20.7. The molecule has 0 bridgehead atoms. The molecule has 1 amide bonds. The smallest absolute Gasteiger partial charge is 0.410 e. The molecule has 1 aliphatic carbocycles. The van der Waals surface area contributed by atoms with Crippen LogP contribution in [0.3, 0.4) is 0 Å². The minimum atomic E-state index is -1.66. The number of hydrogen-bond acceptors (Lipinski definition) is 3. The Morgan fingerprint density at radius 2 is 1.93 bits per heavy atom. The fourth-order valence-electron chi connectivity index (χ4n) is 3.34. The molecule has 0 heterocycles. The Kier molecular flexibility index (Phi) is 9.36. The van der Waals surface area contributed by atoms with Gasteiger partial charge < -0.3 is 10.1 Å². The highest BCUT2D eigenvalue weighted by atomic mass is 35.6. The van der Waals surface area contributed by atoms with Crippen molar-refractivity contribution in [2.24, 2.45) is 0 Å². The van der Waals surface area contributed by atoms with E-state index < -0.39 is 9.89 Å². The van der Waals surface area contributed by atoms with Gasteiger partial charge in [0.25, 0.3) is 0 Å². The fourth-order valence-corrected chi connectivity index (χ4v) is 3.80. The summed E-state index contributed by atoms with van der Waals surface area (Å²) in [6, 6.07) is 5.31. The molecule has 1 saturated carbocycles. The van der Waals surface area contributed by atoms with Gasteiger partial charge in [0, 0.05) is 18.3 Å². The highest BCUT2D eigenvalue weighted by molar-refractivity contribution is 6.67. The second-order valence-electron chi connectivity index (χ2n) is 6.70. The molecule has 1 N–H and O–H groups in total. The monoisotopic (exact) mass is 486 g/mol. The summed E-state index contributed by atoms with van der Waals surface area (Å²) >= 11 is 29.3. The van der Waals surface area contributed by atoms with Gasteiger partial charge in [-0.15, -0.1) is 6.58 Å². The number of carbonyl (C=O) groups is 1. The van der Waals surface area contributed by atoms with E-state index in [1.807, 2.05) is 6.07 Å². The molecular weight excluding hydrogens is 465 g/mol. The van der Waals surface area contributed by atoms with Crippen molar-refractivity contribution in [3.8, 4) is 0 Å². The van der Waals surface area contributed by atoms with Crippen molar-refractivity contribution in [3.63, 3.8) is 0 Å². The van der Waals surface area contributed by atoms with E-state index >= 15 is 0 Å². The van der Waals surface area contributed by atoms with Crippen LogP contribution in [-0.2, 0) is 4.74 Å².